The predicted molar refractivity (Wildman–Crippen MR) is 145 cm³/mol. The largest absolute Gasteiger partial charge is 0.497 e. The number of carbonyl (C=O) groups is 1. The molecule has 3 aromatic rings. The molecule has 0 radical (unpaired) electrons. The Morgan fingerprint density at radius 3 is 2.08 bits per heavy atom. The topological polar surface area (TPSA) is 123 Å². The second-order valence-corrected chi connectivity index (χ2v) is 11.3. The molecule has 208 valence electrons. The maximum absolute atomic E-state index is 14.0. The van der Waals surface area contributed by atoms with Crippen LogP contribution in [-0.4, -0.2) is 58.6 Å². The Morgan fingerprint density at radius 1 is 0.923 bits per heavy atom. The number of esters is 1. The summed E-state index contributed by atoms with van der Waals surface area (Å²) in [7, 11) is -2.90. The van der Waals surface area contributed by atoms with Crippen LogP contribution in [0.4, 0.5) is 0 Å². The van der Waals surface area contributed by atoms with Gasteiger partial charge in [-0.2, -0.15) is 0 Å². The SMILES string of the molecule is CCOC(=O)C(N)(CC1(COc2ccccc2)OCCCO1)S(=O)(=O)c1ccc(-c2ccc(OC)cc2)cc1. The van der Waals surface area contributed by atoms with Crippen LogP contribution < -0.4 is 15.2 Å². The fourth-order valence-electron chi connectivity index (χ4n) is 4.31. The zero-order valence-corrected chi connectivity index (χ0v) is 22.8. The first kappa shape index (κ1) is 28.6. The molecule has 1 fully saturated rings. The Kier molecular flexibility index (Phi) is 8.91. The molecule has 0 aliphatic carbocycles. The number of nitrogens with two attached hydrogens (primary N) is 1. The summed E-state index contributed by atoms with van der Waals surface area (Å²) in [5.41, 5.74) is 8.16. The maximum Gasteiger partial charge on any atom is 0.342 e. The predicted octanol–water partition coefficient (Wildman–Crippen LogP) is 3.96. The second kappa shape index (κ2) is 12.2. The van der Waals surface area contributed by atoms with E-state index in [4.69, 9.17) is 29.4 Å². The molecule has 10 heteroatoms. The smallest absolute Gasteiger partial charge is 0.342 e. The molecule has 39 heavy (non-hydrogen) atoms. The molecule has 0 saturated carbocycles. The number of hydrogen-bond acceptors (Lipinski definition) is 9. The summed E-state index contributed by atoms with van der Waals surface area (Å²) in [5.74, 6) is -1.45. The van der Waals surface area contributed by atoms with E-state index in [1.807, 2.05) is 30.3 Å². The Bertz CT molecular complexity index is 1340. The summed E-state index contributed by atoms with van der Waals surface area (Å²) in [6, 6.07) is 22.4. The van der Waals surface area contributed by atoms with Gasteiger partial charge in [0.1, 0.15) is 18.1 Å². The Hall–Kier alpha value is -3.44. The summed E-state index contributed by atoms with van der Waals surface area (Å²) in [6.45, 7) is 1.91. The lowest BCUT2D eigenvalue weighted by atomic mass is 10.1. The van der Waals surface area contributed by atoms with Gasteiger partial charge in [0.15, 0.2) is 0 Å². The van der Waals surface area contributed by atoms with Gasteiger partial charge in [0, 0.05) is 6.42 Å². The highest BCUT2D eigenvalue weighted by atomic mass is 32.2. The number of carbonyl (C=O) groups excluding carboxylic acids is 1. The van der Waals surface area contributed by atoms with E-state index in [2.05, 4.69) is 0 Å². The first-order valence-electron chi connectivity index (χ1n) is 12.6. The van der Waals surface area contributed by atoms with E-state index in [9.17, 15) is 13.2 Å². The molecule has 1 saturated heterocycles. The van der Waals surface area contributed by atoms with E-state index in [1.54, 1.807) is 50.4 Å². The van der Waals surface area contributed by atoms with Crippen molar-refractivity contribution in [3.05, 3.63) is 78.9 Å². The molecule has 1 unspecified atom stereocenters. The van der Waals surface area contributed by atoms with Crippen LogP contribution in [0.2, 0.25) is 0 Å². The van der Waals surface area contributed by atoms with Crippen LogP contribution in [0.1, 0.15) is 19.8 Å². The van der Waals surface area contributed by atoms with Crippen molar-refractivity contribution in [2.75, 3.05) is 33.5 Å². The third kappa shape index (κ3) is 6.25. The zero-order chi connectivity index (χ0) is 27.9. The van der Waals surface area contributed by atoms with Gasteiger partial charge in [-0.05, 0) is 60.9 Å². The van der Waals surface area contributed by atoms with Crippen molar-refractivity contribution in [3.8, 4) is 22.6 Å². The number of hydrogen-bond donors (Lipinski definition) is 1. The molecule has 0 amide bonds. The number of methoxy groups -OCH3 is 1. The summed E-state index contributed by atoms with van der Waals surface area (Å²) >= 11 is 0. The van der Waals surface area contributed by atoms with Crippen LogP contribution in [0.25, 0.3) is 11.1 Å². The molecule has 1 aliphatic heterocycles. The lowest BCUT2D eigenvalue weighted by Crippen LogP contribution is -2.62. The van der Waals surface area contributed by atoms with Crippen molar-refractivity contribution in [1.29, 1.82) is 0 Å². The van der Waals surface area contributed by atoms with E-state index in [0.29, 0.717) is 17.9 Å². The average Bonchev–Trinajstić information content (AvgIpc) is 2.97. The van der Waals surface area contributed by atoms with E-state index >= 15 is 0 Å². The molecule has 0 bridgehead atoms. The molecule has 0 aromatic heterocycles. The highest BCUT2D eigenvalue weighted by Gasteiger charge is 2.56. The Morgan fingerprint density at radius 2 is 1.51 bits per heavy atom. The van der Waals surface area contributed by atoms with Crippen molar-refractivity contribution in [1.82, 2.24) is 0 Å². The molecular formula is C29H33NO8S. The van der Waals surface area contributed by atoms with Gasteiger partial charge in [-0.25, -0.2) is 13.2 Å². The molecular weight excluding hydrogens is 522 g/mol. The normalized spacial score (nSPS) is 16.6. The molecule has 3 aromatic carbocycles. The standard InChI is InChI=1S/C29H33NO8S/c1-3-35-27(31)29(30,20-28(37-18-7-19-38-28)21-36-25-8-5-4-6-9-25)39(32,33)26-16-12-23(13-17-26)22-10-14-24(34-2)15-11-22/h4-6,8-17H,3,7,18-21,30H2,1-2H3. The van der Waals surface area contributed by atoms with Crippen LogP contribution >= 0.6 is 0 Å². The summed E-state index contributed by atoms with van der Waals surface area (Å²) < 4.78 is 56.1. The van der Waals surface area contributed by atoms with Crippen LogP contribution in [-0.2, 0) is 28.8 Å². The molecule has 1 heterocycles. The lowest BCUT2D eigenvalue weighted by molar-refractivity contribution is -0.284. The average molecular weight is 556 g/mol. The Labute approximate surface area is 228 Å². The molecule has 0 spiro atoms. The van der Waals surface area contributed by atoms with Crippen molar-refractivity contribution in [3.63, 3.8) is 0 Å². The number of rotatable bonds is 11. The number of benzene rings is 3. The first-order valence-corrected chi connectivity index (χ1v) is 14.1. The summed E-state index contributed by atoms with van der Waals surface area (Å²) in [6.07, 6.45) is 0.0673. The van der Waals surface area contributed by atoms with E-state index in [-0.39, 0.29) is 31.3 Å². The van der Waals surface area contributed by atoms with Crippen molar-refractivity contribution in [2.45, 2.75) is 35.3 Å². The van der Waals surface area contributed by atoms with Gasteiger partial charge in [-0.3, -0.25) is 0 Å². The van der Waals surface area contributed by atoms with E-state index in [0.717, 1.165) is 11.1 Å². The first-order chi connectivity index (χ1) is 18.7. The van der Waals surface area contributed by atoms with Gasteiger partial charge in [-0.1, -0.05) is 42.5 Å². The maximum atomic E-state index is 14.0. The summed E-state index contributed by atoms with van der Waals surface area (Å²) in [4.78, 5) is 10.6. The minimum absolute atomic E-state index is 0.0566. The zero-order valence-electron chi connectivity index (χ0n) is 22.0. The quantitative estimate of drug-likeness (QED) is 0.350. The number of sulfone groups is 1. The number of ether oxygens (including phenoxy) is 5. The minimum Gasteiger partial charge on any atom is -0.497 e. The molecule has 1 atom stereocenters. The number of para-hydroxylation sites is 1. The van der Waals surface area contributed by atoms with Gasteiger partial charge in [-0.15, -0.1) is 0 Å². The molecule has 1 aliphatic rings. The third-order valence-electron chi connectivity index (χ3n) is 6.44. The van der Waals surface area contributed by atoms with Crippen molar-refractivity contribution in [2.24, 2.45) is 5.73 Å². The van der Waals surface area contributed by atoms with Gasteiger partial charge in [0.25, 0.3) is 0 Å². The molecule has 2 N–H and O–H groups in total. The van der Waals surface area contributed by atoms with Gasteiger partial charge in [0.2, 0.25) is 20.5 Å². The molecule has 9 nitrogen and oxygen atoms in total. The fraction of sp³-hybridized carbons (Fsp3) is 0.345. The van der Waals surface area contributed by atoms with Crippen molar-refractivity contribution < 1.29 is 36.9 Å². The van der Waals surface area contributed by atoms with Gasteiger partial charge in [0.05, 0.1) is 31.8 Å². The van der Waals surface area contributed by atoms with Gasteiger partial charge < -0.3 is 29.4 Å². The van der Waals surface area contributed by atoms with Crippen LogP contribution in [0.15, 0.2) is 83.8 Å². The Balaban J connectivity index is 1.66. The highest BCUT2D eigenvalue weighted by Crippen LogP contribution is 2.36. The lowest BCUT2D eigenvalue weighted by Gasteiger charge is -2.41. The minimum atomic E-state index is -4.48. The second-order valence-electron chi connectivity index (χ2n) is 9.11. The third-order valence-corrected chi connectivity index (χ3v) is 8.60. The van der Waals surface area contributed by atoms with E-state index < -0.39 is 32.9 Å². The van der Waals surface area contributed by atoms with Crippen LogP contribution in [0.3, 0.4) is 0 Å². The molecule has 4 rings (SSSR count). The van der Waals surface area contributed by atoms with Crippen LogP contribution in [0.5, 0.6) is 11.5 Å². The van der Waals surface area contributed by atoms with Crippen LogP contribution in [0, 0.1) is 0 Å². The highest BCUT2D eigenvalue weighted by molar-refractivity contribution is 7.93. The summed E-state index contributed by atoms with van der Waals surface area (Å²) in [5, 5.41) is 0. The monoisotopic (exact) mass is 555 g/mol. The fourth-order valence-corrected chi connectivity index (χ4v) is 5.92. The van der Waals surface area contributed by atoms with Gasteiger partial charge >= 0.3 is 5.97 Å². The van der Waals surface area contributed by atoms with Crippen molar-refractivity contribution >= 4 is 15.8 Å². The van der Waals surface area contributed by atoms with E-state index in [1.165, 1.54) is 12.1 Å².